The van der Waals surface area contributed by atoms with Crippen LogP contribution in [0.1, 0.15) is 109 Å². The molecule has 6 aromatic heterocycles. The van der Waals surface area contributed by atoms with E-state index in [9.17, 15) is 10.2 Å². The summed E-state index contributed by atoms with van der Waals surface area (Å²) in [5.74, 6) is 1.06. The van der Waals surface area contributed by atoms with Crippen LogP contribution in [0.2, 0.25) is 72.5 Å². The molecule has 0 radical (unpaired) electrons. The van der Waals surface area contributed by atoms with E-state index in [-0.39, 0.29) is 56.9 Å². The van der Waals surface area contributed by atoms with Gasteiger partial charge in [0.2, 0.25) is 0 Å². The summed E-state index contributed by atoms with van der Waals surface area (Å²) in [7, 11) is -8.22. The van der Waals surface area contributed by atoms with Gasteiger partial charge in [-0.25, -0.2) is 44.9 Å². The summed E-state index contributed by atoms with van der Waals surface area (Å²) in [6, 6.07) is -0.674. The maximum Gasteiger partial charge on any atom is 0.192 e. The molecule has 12 atom stereocenters. The van der Waals surface area contributed by atoms with Crippen molar-refractivity contribution >= 4 is 95.8 Å². The number of fused-ring (bicyclic) bond motifs is 3. The van der Waals surface area contributed by atoms with E-state index in [1.54, 1.807) is 17.2 Å². The predicted molar refractivity (Wildman–Crippen MR) is 349 cm³/mol. The number of halogens is 1. The second-order valence-corrected chi connectivity index (χ2v) is 48.0. The topological polar surface area (TPSA) is 360 Å². The number of imidazole rings is 3. The molecule has 3 saturated heterocycles. The Bertz CT molecular complexity index is 3080. The fourth-order valence-corrected chi connectivity index (χ4v) is 13.7. The Morgan fingerprint density at radius 3 is 1.16 bits per heavy atom. The van der Waals surface area contributed by atoms with E-state index in [0.29, 0.717) is 58.3 Å². The number of ether oxygens (including phenoxy) is 3. The van der Waals surface area contributed by atoms with Gasteiger partial charge in [-0.3, -0.25) is 13.7 Å². The third-order valence-corrected chi connectivity index (χ3v) is 36.9. The van der Waals surface area contributed by atoms with Crippen molar-refractivity contribution < 1.29 is 47.2 Å². The minimum atomic E-state index is -2.23. The largest absolute Gasteiger partial charge is 0.414 e. The Labute approximate surface area is 522 Å². The summed E-state index contributed by atoms with van der Waals surface area (Å²) in [5.41, 5.74) is 26.7. The van der Waals surface area contributed by atoms with Crippen LogP contribution in [-0.2, 0) is 31.9 Å². The molecule has 11 N–H and O–H groups in total. The van der Waals surface area contributed by atoms with Crippen LogP contribution in [0.25, 0.3) is 33.5 Å². The first-order valence-electron chi connectivity index (χ1n) is 29.5. The monoisotopic (exact) mass is 1300 g/mol. The number of alkyl halides is 1. The molecule has 0 spiro atoms. The summed E-state index contributed by atoms with van der Waals surface area (Å²) in [6.45, 7) is 47.3. The van der Waals surface area contributed by atoms with Crippen molar-refractivity contribution in [2.45, 2.75) is 230 Å². The SMILES string of the molecule is CC(C)(C)[Si](C)(C)OC[C@H]1O[C@@H](n2cnc3c(N)ncnc32)C(O[Si](C)(C)C(C)(C)C)[C@H]1O.CCl.C[C@@H]1C(O[Si](C)(C)C(C)(C)C)[C@H](n2cnc3c(N)ncnc32)O[C@@H]1CO[Si](C)(C)C(C)(C)C.Nc1ncnc2c1ncn2[C@@H]1O[C@H](CO)[C@H](N)C1O. The number of aliphatic hydroxyl groups is 3. The average Bonchev–Trinajstić information content (AvgIpc) is 1.74. The molecule has 9 heterocycles. The summed E-state index contributed by atoms with van der Waals surface area (Å²) >= 11 is 4.64. The van der Waals surface area contributed by atoms with Crippen LogP contribution in [-0.4, -0.2) is 182 Å². The smallest absolute Gasteiger partial charge is 0.192 e. The second kappa shape index (κ2) is 26.9. The van der Waals surface area contributed by atoms with E-state index in [1.165, 1.54) is 36.3 Å². The Hall–Kier alpha value is -4.23. The zero-order valence-corrected chi connectivity index (χ0v) is 60.0. The number of aromatic nitrogens is 12. The molecule has 3 aliphatic heterocycles. The highest BCUT2D eigenvalue weighted by Crippen LogP contribution is 2.47. The highest BCUT2D eigenvalue weighted by molar-refractivity contribution is 6.75. The van der Waals surface area contributed by atoms with Crippen molar-refractivity contribution in [3.63, 3.8) is 0 Å². The van der Waals surface area contributed by atoms with Crippen molar-refractivity contribution in [3.8, 4) is 0 Å². The number of aliphatic hydroxyl groups excluding tert-OH is 3. The summed E-state index contributed by atoms with van der Waals surface area (Å²) in [5, 5.41) is 30.9. The summed E-state index contributed by atoms with van der Waals surface area (Å²) in [6.07, 6.45) is 4.95. The molecule has 26 nitrogen and oxygen atoms in total. The van der Waals surface area contributed by atoms with Crippen LogP contribution in [0.3, 0.4) is 0 Å². The van der Waals surface area contributed by atoms with E-state index in [0.717, 1.165) is 0 Å². The minimum Gasteiger partial charge on any atom is -0.414 e. The van der Waals surface area contributed by atoms with Crippen LogP contribution < -0.4 is 22.9 Å². The number of anilines is 3. The standard InChI is InChI=1S/C23H43N5O3Si2.C22H41N5O4Si2.C10H14N6O3.CH3Cl/c1-15-16(12-29-32(8,9)22(2,3)4)30-21(18(15)31-33(10,11)23(5,6)7)28-14-27-17-19(24)25-13-26-20(17)28;1-21(2,3)32(7,8)29-11-14-16(28)17(31-33(9,10)22(4,5)6)20(30-14)27-13-26-15-18(23)24-12-25-19(15)27;11-5-4(1-17)19-10(7(5)18)16-3-15-6-8(12)13-2-14-9(6)16;1-2/h13-16,18,21H,12H2,1-11H3,(H2,24,25,26);12-14,16-17,20,28H,11H2,1-10H3,(H2,23,24,25);2-5,7,10,17-18H,1,11H2,(H2,12,13,14);1H3/t15-,16+,18?,21+;14-,16+,17?,20-;4-,5+,7?,10-;/m011./s1. The Morgan fingerprint density at radius 2 is 0.805 bits per heavy atom. The lowest BCUT2D eigenvalue weighted by Crippen LogP contribution is -2.49. The van der Waals surface area contributed by atoms with Gasteiger partial charge in [0.25, 0.3) is 0 Å². The van der Waals surface area contributed by atoms with E-state index in [4.69, 9.17) is 60.0 Å². The molecule has 9 rings (SSSR count). The van der Waals surface area contributed by atoms with Gasteiger partial charge in [0.1, 0.15) is 66.1 Å². The molecule has 488 valence electrons. The summed E-state index contributed by atoms with van der Waals surface area (Å²) < 4.78 is 50.5. The van der Waals surface area contributed by atoms with Gasteiger partial charge in [-0.1, -0.05) is 90.0 Å². The fraction of sp³-hybridized carbons (Fsp3) is 0.732. The number of hydrogen-bond donors (Lipinski definition) is 7. The zero-order chi connectivity index (χ0) is 65.5. The Kier molecular flexibility index (Phi) is 22.2. The van der Waals surface area contributed by atoms with Crippen LogP contribution >= 0.6 is 11.6 Å². The van der Waals surface area contributed by atoms with E-state index in [1.807, 2.05) is 4.57 Å². The lowest BCUT2D eigenvalue weighted by Gasteiger charge is -2.40. The van der Waals surface area contributed by atoms with Crippen LogP contribution in [0, 0.1) is 5.92 Å². The number of hydrogen-bond acceptors (Lipinski definition) is 23. The lowest BCUT2D eigenvalue weighted by atomic mass is 10.0. The molecule has 3 unspecified atom stereocenters. The first-order chi connectivity index (χ1) is 40.1. The van der Waals surface area contributed by atoms with E-state index >= 15 is 0 Å². The van der Waals surface area contributed by atoms with Gasteiger partial charge in [-0.2, -0.15) is 0 Å². The maximum absolute atomic E-state index is 11.4. The molecule has 6 aromatic rings. The lowest BCUT2D eigenvalue weighted by molar-refractivity contribution is -0.0488. The van der Waals surface area contributed by atoms with Gasteiger partial charge >= 0.3 is 0 Å². The molecule has 0 aliphatic carbocycles. The molecular formula is C56H101ClN16O10Si4. The van der Waals surface area contributed by atoms with Gasteiger partial charge in [-0.15, -0.1) is 11.6 Å². The third-order valence-electron chi connectivity index (χ3n) is 18.9. The fourth-order valence-electron chi connectivity index (χ4n) is 9.01. The summed E-state index contributed by atoms with van der Waals surface area (Å²) in [4.78, 5) is 37.8. The molecule has 0 bridgehead atoms. The normalized spacial score (nSPS) is 26.0. The molecular weight excluding hydrogens is 1200 g/mol. The van der Waals surface area contributed by atoms with E-state index in [2.05, 4.69) is 199 Å². The van der Waals surface area contributed by atoms with E-state index < -0.39 is 82.3 Å². The second-order valence-electron chi connectivity index (χ2n) is 28.9. The zero-order valence-electron chi connectivity index (χ0n) is 55.3. The van der Waals surface area contributed by atoms with Gasteiger partial charge in [-0.05, 0) is 72.5 Å². The van der Waals surface area contributed by atoms with Gasteiger partial charge in [0, 0.05) is 12.3 Å². The predicted octanol–water partition coefficient (Wildman–Crippen LogP) is 8.27. The average molecular weight is 1310 g/mol. The van der Waals surface area contributed by atoms with Crippen molar-refractivity contribution in [2.24, 2.45) is 11.7 Å². The Balaban J connectivity index is 0.000000213. The molecule has 3 fully saturated rings. The van der Waals surface area contributed by atoms with Crippen molar-refractivity contribution in [2.75, 3.05) is 43.4 Å². The molecule has 0 saturated carbocycles. The quantitative estimate of drug-likeness (QED) is 0.0398. The minimum absolute atomic E-state index is 0.0312. The van der Waals surface area contributed by atoms with Crippen molar-refractivity contribution in [1.29, 1.82) is 0 Å². The number of nitrogens with two attached hydrogens (primary N) is 4. The first kappa shape index (κ1) is 71.8. The van der Waals surface area contributed by atoms with Gasteiger partial charge in [0.05, 0.1) is 57.1 Å². The Morgan fingerprint density at radius 1 is 0.483 bits per heavy atom. The first-order valence-corrected chi connectivity index (χ1v) is 41.9. The number of nitrogen functional groups attached to an aromatic ring is 3. The van der Waals surface area contributed by atoms with Crippen LogP contribution in [0.15, 0.2) is 38.0 Å². The third kappa shape index (κ3) is 15.2. The van der Waals surface area contributed by atoms with Gasteiger partial charge < -0.3 is 70.2 Å². The van der Waals surface area contributed by atoms with Crippen LogP contribution in [0.5, 0.6) is 0 Å². The molecule has 0 amide bonds. The molecule has 0 aromatic carbocycles. The number of rotatable bonds is 14. The maximum atomic E-state index is 11.4. The van der Waals surface area contributed by atoms with Crippen LogP contribution in [0.4, 0.5) is 17.5 Å². The number of nitrogens with zero attached hydrogens (tertiary/aromatic N) is 12. The molecule has 31 heteroatoms. The van der Waals surface area contributed by atoms with Crippen molar-refractivity contribution in [3.05, 3.63) is 38.0 Å². The molecule has 87 heavy (non-hydrogen) atoms. The van der Waals surface area contributed by atoms with Crippen molar-refractivity contribution in [1.82, 2.24) is 58.6 Å². The van der Waals surface area contributed by atoms with Gasteiger partial charge in [0.15, 0.2) is 86.3 Å². The molecule has 3 aliphatic rings. The highest BCUT2D eigenvalue weighted by Gasteiger charge is 2.53. The highest BCUT2D eigenvalue weighted by atomic mass is 35.5.